The predicted octanol–water partition coefficient (Wildman–Crippen LogP) is 3.27. The molecule has 0 spiro atoms. The number of carbonyl (C=O) groups excluding carboxylic acids is 1. The predicted molar refractivity (Wildman–Crippen MR) is 119 cm³/mol. The molecule has 0 saturated carbocycles. The minimum absolute atomic E-state index is 0.00828. The number of halogens is 2. The highest BCUT2D eigenvalue weighted by Crippen LogP contribution is 2.40. The van der Waals surface area contributed by atoms with E-state index in [1.165, 1.54) is 28.4 Å². The fourth-order valence-corrected chi connectivity index (χ4v) is 5.11. The van der Waals surface area contributed by atoms with Crippen molar-refractivity contribution < 1.29 is 37.5 Å². The highest BCUT2D eigenvalue weighted by atomic mass is 32.1. The number of anilines is 1. The fraction of sp³-hybridized carbons (Fsp3) is 0.429. The number of hydrogen-bond donors (Lipinski definition) is 1. The van der Waals surface area contributed by atoms with Crippen molar-refractivity contribution in [2.75, 3.05) is 32.1 Å². The molecule has 0 aliphatic carbocycles. The van der Waals surface area contributed by atoms with E-state index in [1.54, 1.807) is 15.8 Å². The van der Waals surface area contributed by atoms with Crippen molar-refractivity contribution in [3.63, 3.8) is 0 Å². The number of likely N-dealkylation sites (N-methyl/N-ethyl adjacent to an activating group) is 1. The number of fused-ring (bicyclic) bond motifs is 3. The van der Waals surface area contributed by atoms with Gasteiger partial charge < -0.3 is 19.2 Å². The lowest BCUT2D eigenvalue weighted by Gasteiger charge is -2.38. The Bertz CT molecular complexity index is 1250. The molecule has 2 amide bonds. The van der Waals surface area contributed by atoms with Gasteiger partial charge in [-0.15, -0.1) is 11.3 Å². The Balaban J connectivity index is 1.54. The van der Waals surface area contributed by atoms with Crippen LogP contribution >= 0.6 is 11.3 Å². The summed E-state index contributed by atoms with van der Waals surface area (Å²) in [4.78, 5) is 40.1. The molecule has 2 aliphatic heterocycles. The zero-order valence-corrected chi connectivity index (χ0v) is 19.5. The summed E-state index contributed by atoms with van der Waals surface area (Å²) in [6.07, 6.45) is -3.77. The smallest absolute Gasteiger partial charge is 0.465 e. The van der Waals surface area contributed by atoms with Crippen molar-refractivity contribution in [1.82, 2.24) is 19.9 Å². The second kappa shape index (κ2) is 8.61. The van der Waals surface area contributed by atoms with E-state index in [-0.39, 0.29) is 34.9 Å². The summed E-state index contributed by atoms with van der Waals surface area (Å²) in [5.41, 5.74) is 2.86. The lowest BCUT2D eigenvalue weighted by Crippen LogP contribution is -2.55. The lowest BCUT2D eigenvalue weighted by molar-refractivity contribution is -0.231. The van der Waals surface area contributed by atoms with E-state index < -0.39 is 18.1 Å². The summed E-state index contributed by atoms with van der Waals surface area (Å²) in [6, 6.07) is 2.50. The van der Waals surface area contributed by atoms with Crippen LogP contribution < -0.4 is 9.64 Å². The third-order valence-electron chi connectivity index (χ3n) is 6.22. The summed E-state index contributed by atoms with van der Waals surface area (Å²) in [5, 5.41) is 11.7. The van der Waals surface area contributed by atoms with E-state index in [1.807, 2.05) is 0 Å². The molecule has 14 heteroatoms. The Hall–Kier alpha value is -3.52. The molecule has 35 heavy (non-hydrogen) atoms. The van der Waals surface area contributed by atoms with Gasteiger partial charge in [0.1, 0.15) is 0 Å². The molecule has 2 aromatic heterocycles. The number of amides is 2. The van der Waals surface area contributed by atoms with Gasteiger partial charge in [0.25, 0.3) is 6.01 Å². The van der Waals surface area contributed by atoms with Gasteiger partial charge in [0.15, 0.2) is 16.8 Å². The summed E-state index contributed by atoms with van der Waals surface area (Å²) < 4.78 is 40.1. The highest BCUT2D eigenvalue weighted by molar-refractivity contribution is 7.07. The highest BCUT2D eigenvalue weighted by Gasteiger charge is 2.46. The molecule has 1 N–H and O–H groups in total. The molecular formula is C21H21F2N5O6S. The van der Waals surface area contributed by atoms with E-state index in [9.17, 15) is 23.5 Å². The second-order valence-corrected chi connectivity index (χ2v) is 8.96. The van der Waals surface area contributed by atoms with E-state index >= 15 is 0 Å². The quantitative estimate of drug-likeness (QED) is 0.499. The summed E-state index contributed by atoms with van der Waals surface area (Å²) in [6.45, 7) is 0.705. The first-order chi connectivity index (χ1) is 16.7. The molecule has 2 saturated heterocycles. The van der Waals surface area contributed by atoms with Crippen LogP contribution in [0.4, 0.5) is 19.6 Å². The maximum absolute atomic E-state index is 14.6. The molecule has 2 bridgehead atoms. The zero-order valence-electron chi connectivity index (χ0n) is 18.7. The molecule has 2 fully saturated rings. The van der Waals surface area contributed by atoms with Gasteiger partial charge in [-0.05, 0) is 25.0 Å². The van der Waals surface area contributed by atoms with Crippen LogP contribution in [0, 0.1) is 0 Å². The van der Waals surface area contributed by atoms with Gasteiger partial charge >= 0.3 is 18.1 Å². The number of benzene rings is 1. The third kappa shape index (κ3) is 4.01. The van der Waals surface area contributed by atoms with E-state index in [2.05, 4.69) is 14.8 Å². The summed E-state index contributed by atoms with van der Waals surface area (Å²) in [7, 11) is 2.12. The Morgan fingerprint density at radius 3 is 2.60 bits per heavy atom. The number of aromatic nitrogens is 2. The first-order valence-corrected chi connectivity index (χ1v) is 11.6. The number of alkyl halides is 2. The van der Waals surface area contributed by atoms with E-state index in [0.717, 1.165) is 14.2 Å². The van der Waals surface area contributed by atoms with Crippen molar-refractivity contribution in [1.29, 1.82) is 0 Å². The Morgan fingerprint density at radius 1 is 1.29 bits per heavy atom. The van der Waals surface area contributed by atoms with Gasteiger partial charge in [-0.3, -0.25) is 14.5 Å². The average Bonchev–Trinajstić information content (AvgIpc) is 3.56. The van der Waals surface area contributed by atoms with Gasteiger partial charge in [-0.2, -0.15) is 13.8 Å². The molecule has 2 atom stereocenters. The number of oxazole rings is 1. The average molecular weight is 509 g/mol. The Morgan fingerprint density at radius 2 is 2.00 bits per heavy atom. The van der Waals surface area contributed by atoms with Crippen LogP contribution in [-0.2, 0) is 9.63 Å². The topological polar surface area (TPSA) is 121 Å². The molecule has 4 heterocycles. The van der Waals surface area contributed by atoms with Crippen molar-refractivity contribution in [3.05, 3.63) is 23.0 Å². The molecule has 2 aliphatic rings. The maximum Gasteiger partial charge on any atom is 0.484 e. The number of rotatable bonds is 6. The van der Waals surface area contributed by atoms with Crippen molar-refractivity contribution in [2.45, 2.75) is 31.0 Å². The molecule has 11 nitrogen and oxygen atoms in total. The normalized spacial score (nSPS) is 19.9. The summed E-state index contributed by atoms with van der Waals surface area (Å²) in [5.74, 6) is -2.05. The van der Waals surface area contributed by atoms with Gasteiger partial charge in [0, 0.05) is 31.1 Å². The van der Waals surface area contributed by atoms with Gasteiger partial charge in [0.2, 0.25) is 0 Å². The minimum Gasteiger partial charge on any atom is -0.465 e. The second-order valence-electron chi connectivity index (χ2n) is 8.24. The van der Waals surface area contributed by atoms with Crippen LogP contribution in [0.25, 0.3) is 22.4 Å². The van der Waals surface area contributed by atoms with E-state index in [0.29, 0.717) is 42.3 Å². The van der Waals surface area contributed by atoms with Crippen LogP contribution in [0.15, 0.2) is 27.4 Å². The first kappa shape index (κ1) is 23.2. The third-order valence-corrected chi connectivity index (χ3v) is 6.81. The number of nitrogens with zero attached hydrogens (tertiary/aromatic N) is 5. The largest absolute Gasteiger partial charge is 0.484 e. The molecule has 5 rings (SSSR count). The monoisotopic (exact) mass is 509 g/mol. The number of hydrogen-bond acceptors (Lipinski definition) is 9. The first-order valence-electron chi connectivity index (χ1n) is 10.7. The zero-order chi connectivity index (χ0) is 24.9. The summed E-state index contributed by atoms with van der Waals surface area (Å²) >= 11 is 1.35. The van der Waals surface area contributed by atoms with Crippen LogP contribution in [0.3, 0.4) is 0 Å². The molecular weight excluding hydrogens is 488 g/mol. The van der Waals surface area contributed by atoms with Crippen LogP contribution in [-0.4, -0.2) is 82.5 Å². The number of piperazine rings is 1. The van der Waals surface area contributed by atoms with E-state index in [4.69, 9.17) is 9.15 Å². The number of hydroxylamine groups is 2. The number of carboxylic acid groups (broad SMARTS) is 1. The Labute approximate surface area is 201 Å². The van der Waals surface area contributed by atoms with Crippen LogP contribution in [0.5, 0.6) is 5.75 Å². The van der Waals surface area contributed by atoms with Gasteiger partial charge in [-0.1, -0.05) is 0 Å². The Kier molecular flexibility index (Phi) is 5.71. The molecule has 3 aromatic rings. The molecule has 0 radical (unpaired) electrons. The molecule has 186 valence electrons. The van der Waals surface area contributed by atoms with Crippen LogP contribution in [0.1, 0.15) is 12.8 Å². The molecule has 1 aromatic carbocycles. The molecule has 2 unspecified atom stereocenters. The SMILES string of the molecule is CON(C)C(=O)C(F)(F)Oc1ccc(-c2cscn2)c2oc(N3CC4CCC(C3)N4C(=O)O)nc12. The van der Waals surface area contributed by atoms with Crippen LogP contribution in [0.2, 0.25) is 0 Å². The number of ether oxygens (including phenoxy) is 1. The fourth-order valence-electron chi connectivity index (χ4n) is 4.56. The van der Waals surface area contributed by atoms with Crippen molar-refractivity contribution in [2.24, 2.45) is 0 Å². The van der Waals surface area contributed by atoms with Gasteiger partial charge in [0.05, 0.1) is 30.4 Å². The van der Waals surface area contributed by atoms with Gasteiger partial charge in [-0.25, -0.2) is 14.8 Å². The van der Waals surface area contributed by atoms with Crippen molar-refractivity contribution in [3.8, 4) is 17.0 Å². The van der Waals surface area contributed by atoms with Crippen molar-refractivity contribution >= 4 is 40.5 Å². The maximum atomic E-state index is 14.6. The standard InChI is InChI=1S/C21H21F2N5O6S/c1-26(32-2)18(29)21(22,23)34-15-6-5-13(14-9-35-10-24-14)17-16(15)25-19(33-17)27-7-11-3-4-12(8-27)28(11)20(30)31/h5-6,9-12H,3-4,7-8H2,1-2H3,(H,30,31). The lowest BCUT2D eigenvalue weighted by atomic mass is 10.1. The number of carbonyl (C=O) groups is 2. The number of thiazole rings is 1. The minimum atomic E-state index is -4.23.